The Morgan fingerprint density at radius 1 is 1.29 bits per heavy atom. The van der Waals surface area contributed by atoms with E-state index in [1.165, 1.54) is 6.07 Å². The van der Waals surface area contributed by atoms with Gasteiger partial charge >= 0.3 is 10.4 Å². The molecule has 0 amide bonds. The van der Waals surface area contributed by atoms with Crippen LogP contribution in [0.4, 0.5) is 0 Å². The topological polar surface area (TPSA) is 63.6 Å². The van der Waals surface area contributed by atoms with Gasteiger partial charge in [-0.1, -0.05) is 32.0 Å². The Labute approximate surface area is 83.5 Å². The zero-order valence-corrected chi connectivity index (χ0v) is 8.78. The van der Waals surface area contributed by atoms with Gasteiger partial charge in [-0.25, -0.2) is 0 Å². The minimum Gasteiger partial charge on any atom is -0.362 e. The van der Waals surface area contributed by atoms with Crippen molar-refractivity contribution in [1.82, 2.24) is 0 Å². The smallest absolute Gasteiger partial charge is 0.362 e. The van der Waals surface area contributed by atoms with Crippen LogP contribution in [-0.4, -0.2) is 13.0 Å². The molecule has 0 saturated heterocycles. The molecule has 0 saturated carbocycles. The maximum atomic E-state index is 10.5. The fourth-order valence-corrected chi connectivity index (χ4v) is 1.53. The second-order valence-corrected chi connectivity index (χ2v) is 4.23. The highest BCUT2D eigenvalue weighted by Crippen LogP contribution is 2.26. The van der Waals surface area contributed by atoms with Gasteiger partial charge in [0.05, 0.1) is 0 Å². The highest BCUT2D eigenvalue weighted by Gasteiger charge is 2.12. The molecule has 0 unspecified atom stereocenters. The average Bonchev–Trinajstić information content (AvgIpc) is 2.01. The third kappa shape index (κ3) is 3.01. The van der Waals surface area contributed by atoms with Crippen molar-refractivity contribution >= 4 is 10.4 Å². The first-order chi connectivity index (χ1) is 6.40. The van der Waals surface area contributed by atoms with Crippen LogP contribution in [0.3, 0.4) is 0 Å². The first-order valence-electron chi connectivity index (χ1n) is 4.16. The molecule has 5 heteroatoms. The van der Waals surface area contributed by atoms with Crippen molar-refractivity contribution in [3.63, 3.8) is 0 Å². The quantitative estimate of drug-likeness (QED) is 0.785. The summed E-state index contributed by atoms with van der Waals surface area (Å²) >= 11 is 0. The van der Waals surface area contributed by atoms with Gasteiger partial charge in [0.15, 0.2) is 0 Å². The van der Waals surface area contributed by atoms with Crippen molar-refractivity contribution in [2.24, 2.45) is 0 Å². The Bertz CT molecular complexity index is 409. The predicted octanol–water partition coefficient (Wildman–Crippen LogP) is 1.99. The summed E-state index contributed by atoms with van der Waals surface area (Å²) in [6, 6.07) is 6.69. The molecular weight excluding hydrogens is 204 g/mol. The number of hydrogen-bond donors (Lipinski definition) is 1. The molecule has 0 aromatic heterocycles. The molecular formula is C9H12O4S. The lowest BCUT2D eigenvalue weighted by molar-refractivity contribution is 0.384. The highest BCUT2D eigenvalue weighted by atomic mass is 32.3. The van der Waals surface area contributed by atoms with E-state index in [2.05, 4.69) is 4.18 Å². The number of rotatable bonds is 3. The Morgan fingerprint density at radius 3 is 2.36 bits per heavy atom. The van der Waals surface area contributed by atoms with Gasteiger partial charge < -0.3 is 4.18 Å². The van der Waals surface area contributed by atoms with Crippen molar-refractivity contribution in [1.29, 1.82) is 0 Å². The number of hydrogen-bond acceptors (Lipinski definition) is 3. The molecule has 1 rings (SSSR count). The van der Waals surface area contributed by atoms with Crippen LogP contribution in [0.2, 0.25) is 0 Å². The van der Waals surface area contributed by atoms with Crippen LogP contribution in [0, 0.1) is 0 Å². The van der Waals surface area contributed by atoms with Crippen LogP contribution in [0.1, 0.15) is 25.3 Å². The van der Waals surface area contributed by atoms with Gasteiger partial charge in [0.1, 0.15) is 5.75 Å². The number of para-hydroxylation sites is 1. The normalized spacial score (nSPS) is 11.7. The Hall–Kier alpha value is -1.07. The maximum Gasteiger partial charge on any atom is 0.446 e. The zero-order chi connectivity index (χ0) is 10.8. The van der Waals surface area contributed by atoms with E-state index >= 15 is 0 Å². The van der Waals surface area contributed by atoms with Gasteiger partial charge in [-0.15, -0.1) is 0 Å². The van der Waals surface area contributed by atoms with E-state index in [9.17, 15) is 8.42 Å². The molecule has 0 fully saturated rings. The summed E-state index contributed by atoms with van der Waals surface area (Å²) in [6.07, 6.45) is 0. The summed E-state index contributed by atoms with van der Waals surface area (Å²) in [7, 11) is -4.43. The van der Waals surface area contributed by atoms with Gasteiger partial charge in [0, 0.05) is 0 Å². The SMILES string of the molecule is CC(C)c1ccccc1OS(=O)(=O)O. The molecule has 0 aliphatic heterocycles. The summed E-state index contributed by atoms with van der Waals surface area (Å²) < 4.78 is 34.0. The Morgan fingerprint density at radius 2 is 1.86 bits per heavy atom. The molecule has 1 aromatic carbocycles. The minimum absolute atomic E-state index is 0.132. The van der Waals surface area contributed by atoms with Crippen LogP contribution >= 0.6 is 0 Å². The van der Waals surface area contributed by atoms with E-state index in [4.69, 9.17) is 4.55 Å². The molecule has 4 nitrogen and oxygen atoms in total. The molecule has 0 radical (unpaired) electrons. The molecule has 0 heterocycles. The van der Waals surface area contributed by atoms with Crippen LogP contribution in [0.25, 0.3) is 0 Å². The van der Waals surface area contributed by atoms with E-state index in [0.29, 0.717) is 0 Å². The monoisotopic (exact) mass is 216 g/mol. The Kier molecular flexibility index (Phi) is 3.13. The summed E-state index contributed by atoms with van der Waals surface area (Å²) in [5.74, 6) is 0.304. The first-order valence-corrected chi connectivity index (χ1v) is 5.52. The molecule has 0 atom stereocenters. The molecule has 1 aromatic rings. The minimum atomic E-state index is -4.43. The number of benzene rings is 1. The fraction of sp³-hybridized carbons (Fsp3) is 0.333. The van der Waals surface area contributed by atoms with Crippen molar-refractivity contribution in [3.05, 3.63) is 29.8 Å². The van der Waals surface area contributed by atoms with E-state index in [-0.39, 0.29) is 11.7 Å². The van der Waals surface area contributed by atoms with Gasteiger partial charge in [0.25, 0.3) is 0 Å². The fourth-order valence-electron chi connectivity index (χ4n) is 1.15. The van der Waals surface area contributed by atoms with Crippen LogP contribution in [0.5, 0.6) is 5.75 Å². The molecule has 1 N–H and O–H groups in total. The lowest BCUT2D eigenvalue weighted by Gasteiger charge is -2.10. The molecule has 0 aliphatic rings. The van der Waals surface area contributed by atoms with Crippen molar-refractivity contribution in [2.45, 2.75) is 19.8 Å². The third-order valence-corrected chi connectivity index (χ3v) is 2.13. The standard InChI is InChI=1S/C9H12O4S/c1-7(2)8-5-3-4-6-9(8)13-14(10,11)12/h3-7H,1-2H3,(H,10,11,12). The van der Waals surface area contributed by atoms with Crippen molar-refractivity contribution < 1.29 is 17.2 Å². The van der Waals surface area contributed by atoms with Gasteiger partial charge in [0.2, 0.25) is 0 Å². The summed E-state index contributed by atoms with van der Waals surface area (Å²) in [6.45, 7) is 3.82. The van der Waals surface area contributed by atoms with Gasteiger partial charge in [-0.05, 0) is 17.5 Å². The largest absolute Gasteiger partial charge is 0.446 e. The van der Waals surface area contributed by atoms with Crippen LogP contribution in [-0.2, 0) is 10.4 Å². The molecule has 78 valence electrons. The van der Waals surface area contributed by atoms with Crippen molar-refractivity contribution in [3.8, 4) is 5.75 Å². The molecule has 0 aliphatic carbocycles. The van der Waals surface area contributed by atoms with Gasteiger partial charge in [-0.2, -0.15) is 8.42 Å². The van der Waals surface area contributed by atoms with Crippen LogP contribution in [0.15, 0.2) is 24.3 Å². The van der Waals surface area contributed by atoms with E-state index in [0.717, 1.165) is 5.56 Å². The average molecular weight is 216 g/mol. The lowest BCUT2D eigenvalue weighted by atomic mass is 10.0. The third-order valence-electron chi connectivity index (χ3n) is 1.74. The molecule has 14 heavy (non-hydrogen) atoms. The first kappa shape index (κ1) is 11.0. The van der Waals surface area contributed by atoms with E-state index in [1.54, 1.807) is 18.2 Å². The second kappa shape index (κ2) is 3.98. The summed E-state index contributed by atoms with van der Waals surface area (Å²) in [4.78, 5) is 0. The predicted molar refractivity (Wildman–Crippen MR) is 52.7 cm³/mol. The van der Waals surface area contributed by atoms with E-state index in [1.807, 2.05) is 13.8 Å². The molecule has 0 bridgehead atoms. The maximum absolute atomic E-state index is 10.5. The van der Waals surface area contributed by atoms with Gasteiger partial charge in [-0.3, -0.25) is 4.55 Å². The second-order valence-electron chi connectivity index (χ2n) is 3.20. The molecule has 0 spiro atoms. The van der Waals surface area contributed by atoms with E-state index < -0.39 is 10.4 Å². The lowest BCUT2D eigenvalue weighted by Crippen LogP contribution is -2.08. The van der Waals surface area contributed by atoms with Crippen LogP contribution < -0.4 is 4.18 Å². The summed E-state index contributed by atoms with van der Waals surface area (Å²) in [5.41, 5.74) is 0.741. The summed E-state index contributed by atoms with van der Waals surface area (Å²) in [5, 5.41) is 0. The van der Waals surface area contributed by atoms with Crippen molar-refractivity contribution in [2.75, 3.05) is 0 Å². The Balaban J connectivity index is 3.08. The zero-order valence-electron chi connectivity index (χ0n) is 7.97. The highest BCUT2D eigenvalue weighted by molar-refractivity contribution is 7.81.